The summed E-state index contributed by atoms with van der Waals surface area (Å²) in [7, 11) is 0. The van der Waals surface area contributed by atoms with E-state index < -0.39 is 0 Å². The Hall–Kier alpha value is -3.22. The number of rotatable bonds is 3. The van der Waals surface area contributed by atoms with Gasteiger partial charge in [-0.15, -0.1) is 0 Å². The van der Waals surface area contributed by atoms with E-state index in [9.17, 15) is 0 Å². The van der Waals surface area contributed by atoms with Crippen LogP contribution in [-0.4, -0.2) is 26.0 Å². The quantitative estimate of drug-likeness (QED) is 0.329. The van der Waals surface area contributed by atoms with E-state index in [4.69, 9.17) is 15.7 Å². The maximum absolute atomic E-state index is 8.66. The molecule has 0 aliphatic rings. The first-order chi connectivity index (χ1) is 10.3. The van der Waals surface area contributed by atoms with Crippen LogP contribution >= 0.6 is 0 Å². The van der Waals surface area contributed by atoms with Gasteiger partial charge in [-0.25, -0.2) is 4.98 Å². The summed E-state index contributed by atoms with van der Waals surface area (Å²) in [6, 6.07) is 10.9. The molecule has 0 bridgehead atoms. The number of hydrogen-bond acceptors (Lipinski definition) is 6. The van der Waals surface area contributed by atoms with E-state index in [-0.39, 0.29) is 17.5 Å². The average molecular weight is 281 g/mol. The first-order valence-corrected chi connectivity index (χ1v) is 6.10. The number of oxime groups is 1. The largest absolute Gasteiger partial charge is 0.424 e. The van der Waals surface area contributed by atoms with Crippen LogP contribution in [0.2, 0.25) is 0 Å². The van der Waals surface area contributed by atoms with Gasteiger partial charge >= 0.3 is 6.01 Å². The Labute approximate surface area is 119 Å². The second-order valence-corrected chi connectivity index (χ2v) is 4.14. The van der Waals surface area contributed by atoms with E-state index in [1.165, 1.54) is 12.3 Å². The summed E-state index contributed by atoms with van der Waals surface area (Å²) in [4.78, 5) is 12.3. The molecule has 2 aromatic heterocycles. The molecule has 0 amide bonds. The van der Waals surface area contributed by atoms with E-state index in [0.29, 0.717) is 5.75 Å². The van der Waals surface area contributed by atoms with Crippen molar-refractivity contribution in [2.75, 3.05) is 0 Å². The average Bonchev–Trinajstić information content (AvgIpc) is 2.55. The molecule has 7 nitrogen and oxygen atoms in total. The lowest BCUT2D eigenvalue weighted by Crippen LogP contribution is -2.15. The highest BCUT2D eigenvalue weighted by Crippen LogP contribution is 2.26. The minimum Gasteiger partial charge on any atom is -0.424 e. The molecule has 3 rings (SSSR count). The predicted octanol–water partition coefficient (Wildman–Crippen LogP) is 1.91. The molecule has 0 spiro atoms. The number of fused-ring (bicyclic) bond motifs is 1. The minimum absolute atomic E-state index is 0.107. The van der Waals surface area contributed by atoms with E-state index in [2.05, 4.69) is 20.1 Å². The van der Waals surface area contributed by atoms with Gasteiger partial charge in [-0.2, -0.15) is 4.98 Å². The van der Waals surface area contributed by atoms with Crippen LogP contribution < -0.4 is 10.5 Å². The lowest BCUT2D eigenvalue weighted by Gasteiger charge is -2.07. The van der Waals surface area contributed by atoms with Gasteiger partial charge in [0.05, 0.1) is 5.52 Å². The molecule has 21 heavy (non-hydrogen) atoms. The minimum atomic E-state index is -0.109. The Balaban J connectivity index is 1.99. The van der Waals surface area contributed by atoms with Gasteiger partial charge in [0.15, 0.2) is 5.84 Å². The lowest BCUT2D eigenvalue weighted by molar-refractivity contribution is 0.318. The Morgan fingerprint density at radius 1 is 1.10 bits per heavy atom. The predicted molar refractivity (Wildman–Crippen MR) is 76.4 cm³/mol. The smallest absolute Gasteiger partial charge is 0.322 e. The van der Waals surface area contributed by atoms with Crippen LogP contribution in [0.4, 0.5) is 0 Å². The summed E-state index contributed by atoms with van der Waals surface area (Å²) >= 11 is 0. The molecule has 7 heteroatoms. The molecule has 2 heterocycles. The van der Waals surface area contributed by atoms with Gasteiger partial charge in [-0.1, -0.05) is 11.2 Å². The topological polar surface area (TPSA) is 107 Å². The van der Waals surface area contributed by atoms with Gasteiger partial charge in [0.2, 0.25) is 0 Å². The molecule has 1 aromatic carbocycles. The fourth-order valence-electron chi connectivity index (χ4n) is 1.85. The number of nitrogens with two attached hydrogens (primary N) is 1. The third kappa shape index (κ3) is 2.57. The molecule has 0 aliphatic heterocycles. The van der Waals surface area contributed by atoms with Gasteiger partial charge in [0, 0.05) is 17.8 Å². The molecule has 104 valence electrons. The summed E-state index contributed by atoms with van der Waals surface area (Å²) in [6.45, 7) is 0. The Morgan fingerprint density at radius 3 is 2.86 bits per heavy atom. The van der Waals surface area contributed by atoms with E-state index in [1.807, 2.05) is 24.3 Å². The van der Waals surface area contributed by atoms with E-state index in [1.54, 1.807) is 12.3 Å². The summed E-state index contributed by atoms with van der Waals surface area (Å²) in [5.74, 6) is 0.471. The SMILES string of the molecule is N/C(=N/O)c1ccnc(Oc2cccc3ncccc23)n1. The monoisotopic (exact) mass is 281 g/mol. The molecule has 0 fully saturated rings. The number of aromatic nitrogens is 3. The van der Waals surface area contributed by atoms with Crippen LogP contribution in [0.1, 0.15) is 5.69 Å². The zero-order chi connectivity index (χ0) is 14.7. The van der Waals surface area contributed by atoms with Crippen molar-refractivity contribution in [3.8, 4) is 11.8 Å². The molecule has 3 N–H and O–H groups in total. The Kier molecular flexibility index (Phi) is 3.30. The molecule has 3 aromatic rings. The fourth-order valence-corrected chi connectivity index (χ4v) is 1.85. The van der Waals surface area contributed by atoms with Crippen molar-refractivity contribution in [2.24, 2.45) is 10.9 Å². The van der Waals surface area contributed by atoms with Gasteiger partial charge in [0.1, 0.15) is 11.4 Å². The molecule has 0 radical (unpaired) electrons. The Bertz CT molecular complexity index is 814. The standard InChI is InChI=1S/C14H11N5O2/c15-13(19-20)11-6-8-17-14(18-11)21-12-5-1-4-10-9(12)3-2-7-16-10/h1-8,20H,(H2,15,19). The summed E-state index contributed by atoms with van der Waals surface area (Å²) < 4.78 is 5.67. The zero-order valence-electron chi connectivity index (χ0n) is 10.8. The zero-order valence-corrected chi connectivity index (χ0v) is 10.8. The number of benzene rings is 1. The summed E-state index contributed by atoms with van der Waals surface area (Å²) in [5, 5.41) is 12.4. The highest BCUT2D eigenvalue weighted by molar-refractivity contribution is 5.95. The van der Waals surface area contributed by atoms with Crippen LogP contribution in [-0.2, 0) is 0 Å². The highest BCUT2D eigenvalue weighted by Gasteiger charge is 2.08. The molecule has 0 unspecified atom stereocenters. The number of nitrogens with zero attached hydrogens (tertiary/aromatic N) is 4. The maximum Gasteiger partial charge on any atom is 0.322 e. The van der Waals surface area contributed by atoms with Crippen molar-refractivity contribution in [3.63, 3.8) is 0 Å². The first-order valence-electron chi connectivity index (χ1n) is 6.10. The number of hydrogen-bond donors (Lipinski definition) is 2. The van der Waals surface area contributed by atoms with Crippen LogP contribution in [0.5, 0.6) is 11.8 Å². The van der Waals surface area contributed by atoms with Gasteiger partial charge < -0.3 is 15.7 Å². The van der Waals surface area contributed by atoms with Crippen LogP contribution in [0.15, 0.2) is 53.9 Å². The molecule has 0 saturated carbocycles. The molecule has 0 atom stereocenters. The maximum atomic E-state index is 8.66. The van der Waals surface area contributed by atoms with Crippen molar-refractivity contribution >= 4 is 16.7 Å². The Morgan fingerprint density at radius 2 is 2.00 bits per heavy atom. The number of pyridine rings is 1. The van der Waals surface area contributed by atoms with Crippen molar-refractivity contribution < 1.29 is 9.94 Å². The van der Waals surface area contributed by atoms with Gasteiger partial charge in [0.25, 0.3) is 0 Å². The fraction of sp³-hybridized carbons (Fsp3) is 0. The highest BCUT2D eigenvalue weighted by atomic mass is 16.5. The van der Waals surface area contributed by atoms with Crippen LogP contribution in [0.3, 0.4) is 0 Å². The van der Waals surface area contributed by atoms with E-state index in [0.717, 1.165) is 10.9 Å². The summed E-state index contributed by atoms with van der Waals surface area (Å²) in [6.07, 6.45) is 3.18. The van der Waals surface area contributed by atoms with Crippen LogP contribution in [0, 0.1) is 0 Å². The number of ether oxygens (including phenoxy) is 1. The van der Waals surface area contributed by atoms with Crippen LogP contribution in [0.25, 0.3) is 10.9 Å². The first kappa shape index (κ1) is 12.8. The molecular weight excluding hydrogens is 270 g/mol. The second-order valence-electron chi connectivity index (χ2n) is 4.14. The third-order valence-electron chi connectivity index (χ3n) is 2.81. The molecule has 0 saturated heterocycles. The third-order valence-corrected chi connectivity index (χ3v) is 2.81. The van der Waals surface area contributed by atoms with Crippen molar-refractivity contribution in [3.05, 3.63) is 54.5 Å². The van der Waals surface area contributed by atoms with Crippen molar-refractivity contribution in [1.29, 1.82) is 0 Å². The van der Waals surface area contributed by atoms with E-state index >= 15 is 0 Å². The normalized spacial score (nSPS) is 11.5. The number of amidine groups is 1. The molecular formula is C14H11N5O2. The molecule has 0 aliphatic carbocycles. The van der Waals surface area contributed by atoms with Gasteiger partial charge in [-0.3, -0.25) is 4.98 Å². The lowest BCUT2D eigenvalue weighted by atomic mass is 10.2. The van der Waals surface area contributed by atoms with Crippen molar-refractivity contribution in [2.45, 2.75) is 0 Å². The van der Waals surface area contributed by atoms with Crippen molar-refractivity contribution in [1.82, 2.24) is 15.0 Å². The second kappa shape index (κ2) is 5.41. The van der Waals surface area contributed by atoms with Gasteiger partial charge in [-0.05, 0) is 30.3 Å². The summed E-state index contributed by atoms with van der Waals surface area (Å²) in [5.41, 5.74) is 6.58.